The standard InChI is InChI=1S/C11H25NO2Si/c1-5-14-15(3,4)9-10(2)11-8-12-6-7-13-11/h10-12H,5-9H2,1-4H3. The molecule has 0 saturated carbocycles. The zero-order valence-electron chi connectivity index (χ0n) is 10.5. The SMILES string of the molecule is CCO[Si](C)(C)CC(C)C1CNCCO1. The fourth-order valence-corrected chi connectivity index (χ4v) is 5.02. The minimum Gasteiger partial charge on any atom is -0.418 e. The van der Waals surface area contributed by atoms with E-state index >= 15 is 0 Å². The molecule has 0 aliphatic carbocycles. The Morgan fingerprint density at radius 2 is 2.27 bits per heavy atom. The van der Waals surface area contributed by atoms with Crippen LogP contribution in [0.4, 0.5) is 0 Å². The molecule has 1 aliphatic rings. The Hall–Kier alpha value is 0.0969. The average Bonchev–Trinajstić information content (AvgIpc) is 2.18. The molecule has 0 bridgehead atoms. The summed E-state index contributed by atoms with van der Waals surface area (Å²) in [7, 11) is -1.46. The lowest BCUT2D eigenvalue weighted by molar-refractivity contribution is -0.000640. The van der Waals surface area contributed by atoms with Crippen molar-refractivity contribution in [1.29, 1.82) is 0 Å². The molecule has 0 amide bonds. The lowest BCUT2D eigenvalue weighted by Crippen LogP contribution is -2.44. The van der Waals surface area contributed by atoms with E-state index < -0.39 is 8.32 Å². The molecular weight excluding hydrogens is 206 g/mol. The molecule has 3 nitrogen and oxygen atoms in total. The molecule has 0 radical (unpaired) electrons. The molecule has 0 aromatic heterocycles. The maximum Gasteiger partial charge on any atom is 0.187 e. The van der Waals surface area contributed by atoms with Crippen LogP contribution >= 0.6 is 0 Å². The Kier molecular flexibility index (Phi) is 5.25. The van der Waals surface area contributed by atoms with Gasteiger partial charge >= 0.3 is 0 Å². The normalized spacial score (nSPS) is 25.2. The van der Waals surface area contributed by atoms with Crippen molar-refractivity contribution < 1.29 is 9.16 Å². The molecule has 0 aromatic carbocycles. The number of hydrogen-bond donors (Lipinski definition) is 1. The van der Waals surface area contributed by atoms with Crippen LogP contribution in [0.3, 0.4) is 0 Å². The molecule has 2 unspecified atom stereocenters. The first-order valence-corrected chi connectivity index (χ1v) is 9.13. The predicted molar refractivity (Wildman–Crippen MR) is 65.7 cm³/mol. The van der Waals surface area contributed by atoms with Gasteiger partial charge in [-0.15, -0.1) is 0 Å². The summed E-state index contributed by atoms with van der Waals surface area (Å²) in [6.45, 7) is 12.6. The predicted octanol–water partition coefficient (Wildman–Crippen LogP) is 1.85. The van der Waals surface area contributed by atoms with Gasteiger partial charge in [0.25, 0.3) is 0 Å². The largest absolute Gasteiger partial charge is 0.418 e. The first-order chi connectivity index (χ1) is 7.05. The van der Waals surface area contributed by atoms with E-state index in [-0.39, 0.29) is 0 Å². The van der Waals surface area contributed by atoms with Crippen LogP contribution in [-0.4, -0.2) is 40.7 Å². The zero-order chi connectivity index (χ0) is 11.3. The number of morpholine rings is 1. The molecule has 1 fully saturated rings. The summed E-state index contributed by atoms with van der Waals surface area (Å²) < 4.78 is 11.6. The van der Waals surface area contributed by atoms with E-state index in [9.17, 15) is 0 Å². The molecule has 1 aliphatic heterocycles. The third-order valence-electron chi connectivity index (χ3n) is 2.94. The molecule has 2 atom stereocenters. The van der Waals surface area contributed by atoms with Gasteiger partial charge in [-0.2, -0.15) is 0 Å². The van der Waals surface area contributed by atoms with Crippen molar-refractivity contribution in [3.05, 3.63) is 0 Å². The molecule has 1 N–H and O–H groups in total. The van der Waals surface area contributed by atoms with Crippen molar-refractivity contribution >= 4 is 8.32 Å². The Labute approximate surface area is 94.7 Å². The second-order valence-corrected chi connectivity index (χ2v) is 9.20. The highest BCUT2D eigenvalue weighted by Gasteiger charge is 2.30. The first-order valence-electron chi connectivity index (χ1n) is 6.01. The van der Waals surface area contributed by atoms with Crippen molar-refractivity contribution in [1.82, 2.24) is 5.32 Å². The Morgan fingerprint density at radius 3 is 2.80 bits per heavy atom. The second kappa shape index (κ2) is 5.99. The summed E-state index contributed by atoms with van der Waals surface area (Å²) in [5.41, 5.74) is 0. The van der Waals surface area contributed by atoms with Gasteiger partial charge in [-0.05, 0) is 32.0 Å². The molecule has 0 aromatic rings. The third-order valence-corrected chi connectivity index (χ3v) is 5.64. The van der Waals surface area contributed by atoms with Crippen LogP contribution in [-0.2, 0) is 9.16 Å². The third kappa shape index (κ3) is 4.63. The van der Waals surface area contributed by atoms with Crippen molar-refractivity contribution in [3.63, 3.8) is 0 Å². The smallest absolute Gasteiger partial charge is 0.187 e. The van der Waals surface area contributed by atoms with Gasteiger partial charge in [0.05, 0.1) is 12.7 Å². The van der Waals surface area contributed by atoms with E-state index in [1.165, 1.54) is 6.04 Å². The van der Waals surface area contributed by atoms with E-state index in [2.05, 4.69) is 32.3 Å². The molecule has 1 saturated heterocycles. The van der Waals surface area contributed by atoms with Gasteiger partial charge in [-0.25, -0.2) is 0 Å². The minimum atomic E-state index is -1.46. The van der Waals surface area contributed by atoms with E-state index in [1.807, 2.05) is 0 Å². The molecular formula is C11H25NO2Si. The number of nitrogens with one attached hydrogen (secondary N) is 1. The number of ether oxygens (including phenoxy) is 1. The summed E-state index contributed by atoms with van der Waals surface area (Å²) >= 11 is 0. The Bertz CT molecular complexity index is 181. The van der Waals surface area contributed by atoms with Gasteiger partial charge in [0.2, 0.25) is 0 Å². The van der Waals surface area contributed by atoms with Crippen LogP contribution in [0.1, 0.15) is 13.8 Å². The van der Waals surface area contributed by atoms with Crippen LogP contribution in [0.2, 0.25) is 19.1 Å². The van der Waals surface area contributed by atoms with Gasteiger partial charge in [0.15, 0.2) is 8.32 Å². The van der Waals surface area contributed by atoms with Crippen molar-refractivity contribution in [3.8, 4) is 0 Å². The quantitative estimate of drug-likeness (QED) is 0.733. The summed E-state index contributed by atoms with van der Waals surface area (Å²) in [6, 6.07) is 1.19. The van der Waals surface area contributed by atoms with Gasteiger partial charge in [0, 0.05) is 19.7 Å². The van der Waals surface area contributed by atoms with Crippen molar-refractivity contribution in [2.75, 3.05) is 26.3 Å². The number of rotatable bonds is 5. The maximum atomic E-state index is 5.85. The Morgan fingerprint density at radius 1 is 1.53 bits per heavy atom. The van der Waals surface area contributed by atoms with Crippen molar-refractivity contribution in [2.24, 2.45) is 5.92 Å². The van der Waals surface area contributed by atoms with Crippen LogP contribution in [0.15, 0.2) is 0 Å². The first kappa shape index (κ1) is 13.2. The van der Waals surface area contributed by atoms with Gasteiger partial charge in [0.1, 0.15) is 0 Å². The Balaban J connectivity index is 2.35. The highest BCUT2D eigenvalue weighted by Crippen LogP contribution is 2.22. The topological polar surface area (TPSA) is 30.5 Å². The molecule has 4 heteroatoms. The van der Waals surface area contributed by atoms with E-state index in [1.54, 1.807) is 0 Å². The molecule has 90 valence electrons. The average molecular weight is 231 g/mol. The highest BCUT2D eigenvalue weighted by atomic mass is 28.4. The molecule has 1 rings (SSSR count). The van der Waals surface area contributed by atoms with Gasteiger partial charge in [-0.3, -0.25) is 0 Å². The summed E-state index contributed by atoms with van der Waals surface area (Å²) in [5, 5.41) is 3.38. The van der Waals surface area contributed by atoms with Crippen LogP contribution in [0.25, 0.3) is 0 Å². The van der Waals surface area contributed by atoms with Crippen molar-refractivity contribution in [2.45, 2.75) is 39.1 Å². The zero-order valence-corrected chi connectivity index (χ0v) is 11.5. The van der Waals surface area contributed by atoms with E-state index in [0.717, 1.165) is 26.3 Å². The molecule has 0 spiro atoms. The van der Waals surface area contributed by atoms with Gasteiger partial charge < -0.3 is 14.5 Å². The summed E-state index contributed by atoms with van der Waals surface area (Å²) in [6.07, 6.45) is 0.381. The van der Waals surface area contributed by atoms with E-state index in [4.69, 9.17) is 9.16 Å². The maximum absolute atomic E-state index is 5.85. The lowest BCUT2D eigenvalue weighted by atomic mass is 10.1. The summed E-state index contributed by atoms with van der Waals surface area (Å²) in [4.78, 5) is 0. The fraction of sp³-hybridized carbons (Fsp3) is 1.00. The number of hydrogen-bond acceptors (Lipinski definition) is 3. The minimum absolute atomic E-state index is 0.381. The highest BCUT2D eigenvalue weighted by molar-refractivity contribution is 6.71. The molecule has 1 heterocycles. The second-order valence-electron chi connectivity index (χ2n) is 4.99. The van der Waals surface area contributed by atoms with Gasteiger partial charge in [-0.1, -0.05) is 6.92 Å². The van der Waals surface area contributed by atoms with Crippen LogP contribution in [0.5, 0.6) is 0 Å². The van der Waals surface area contributed by atoms with Crippen LogP contribution in [0, 0.1) is 5.92 Å². The molecule has 15 heavy (non-hydrogen) atoms. The summed E-state index contributed by atoms with van der Waals surface area (Å²) in [5.74, 6) is 0.603. The van der Waals surface area contributed by atoms with E-state index in [0.29, 0.717) is 12.0 Å². The fourth-order valence-electron chi connectivity index (χ4n) is 2.31. The van der Waals surface area contributed by atoms with Crippen LogP contribution < -0.4 is 5.32 Å². The lowest BCUT2D eigenvalue weighted by Gasteiger charge is -2.33. The monoisotopic (exact) mass is 231 g/mol.